The average Bonchev–Trinajstić information content (AvgIpc) is 1.89. The predicted octanol–water partition coefficient (Wildman–Crippen LogP) is 1.67. The summed E-state index contributed by atoms with van der Waals surface area (Å²) in [4.78, 5) is 0. The third kappa shape index (κ3) is 1.37. The van der Waals surface area contributed by atoms with Crippen LogP contribution in [0.5, 0.6) is 0 Å². The Labute approximate surface area is 55.5 Å². The van der Waals surface area contributed by atoms with Crippen LogP contribution in [0.4, 0.5) is 0 Å². The van der Waals surface area contributed by atoms with Gasteiger partial charge in [-0.3, -0.25) is 0 Å². The molecule has 52 valence electrons. The van der Waals surface area contributed by atoms with Crippen molar-refractivity contribution in [2.75, 3.05) is 13.7 Å². The Kier molecular flexibility index (Phi) is 1.98. The van der Waals surface area contributed by atoms with Crippen LogP contribution in [0.2, 0.25) is 0 Å². The van der Waals surface area contributed by atoms with Crippen molar-refractivity contribution in [1.82, 2.24) is 0 Å². The molecule has 0 atom stereocenters. The molecule has 0 unspecified atom stereocenters. The maximum Gasteiger partial charge on any atom is 0.133 e. The minimum absolute atomic E-state index is 0.846. The molecule has 0 saturated carbocycles. The van der Waals surface area contributed by atoms with Gasteiger partial charge in [-0.05, 0) is 13.3 Å². The van der Waals surface area contributed by atoms with E-state index in [-0.39, 0.29) is 0 Å². The zero-order chi connectivity index (χ0) is 6.69. The molecule has 1 aliphatic heterocycles. The molecule has 1 heterocycles. The Balaban J connectivity index is 2.59. The summed E-state index contributed by atoms with van der Waals surface area (Å²) in [5.74, 6) is 1.95. The van der Waals surface area contributed by atoms with Crippen molar-refractivity contribution in [3.8, 4) is 0 Å². The van der Waals surface area contributed by atoms with Crippen LogP contribution in [-0.2, 0) is 9.47 Å². The van der Waals surface area contributed by atoms with E-state index in [4.69, 9.17) is 9.47 Å². The highest BCUT2D eigenvalue weighted by molar-refractivity contribution is 5.00. The quantitative estimate of drug-likeness (QED) is 0.535. The van der Waals surface area contributed by atoms with Gasteiger partial charge in [-0.2, -0.15) is 0 Å². The lowest BCUT2D eigenvalue weighted by Gasteiger charge is -2.16. The lowest BCUT2D eigenvalue weighted by Crippen LogP contribution is -2.05. The van der Waals surface area contributed by atoms with Gasteiger partial charge in [0, 0.05) is 6.42 Å². The van der Waals surface area contributed by atoms with E-state index in [2.05, 4.69) is 0 Å². The number of hydrogen-bond donors (Lipinski definition) is 0. The average molecular weight is 128 g/mol. The first-order valence-electron chi connectivity index (χ1n) is 3.21. The van der Waals surface area contributed by atoms with Crippen molar-refractivity contribution in [2.24, 2.45) is 0 Å². The topological polar surface area (TPSA) is 18.5 Å². The van der Waals surface area contributed by atoms with Gasteiger partial charge in [-0.25, -0.2) is 0 Å². The molecule has 0 saturated heterocycles. The molecule has 0 aromatic carbocycles. The Morgan fingerprint density at radius 1 is 1.56 bits per heavy atom. The second-order valence-corrected chi connectivity index (χ2v) is 2.14. The summed E-state index contributed by atoms with van der Waals surface area (Å²) in [6.45, 7) is 2.79. The maximum atomic E-state index is 5.24. The van der Waals surface area contributed by atoms with Gasteiger partial charge >= 0.3 is 0 Å². The fourth-order valence-electron chi connectivity index (χ4n) is 0.960. The largest absolute Gasteiger partial charge is 0.498 e. The number of ether oxygens (including phenoxy) is 2. The first kappa shape index (κ1) is 6.46. The monoisotopic (exact) mass is 128 g/mol. The number of allylic oxidation sites excluding steroid dienone is 2. The van der Waals surface area contributed by atoms with Crippen molar-refractivity contribution in [2.45, 2.75) is 19.8 Å². The summed E-state index contributed by atoms with van der Waals surface area (Å²) in [7, 11) is 1.69. The smallest absolute Gasteiger partial charge is 0.133 e. The summed E-state index contributed by atoms with van der Waals surface area (Å²) in [6, 6.07) is 0. The lowest BCUT2D eigenvalue weighted by atomic mass is 10.2. The van der Waals surface area contributed by atoms with Crippen LogP contribution >= 0.6 is 0 Å². The van der Waals surface area contributed by atoms with Gasteiger partial charge in [-0.15, -0.1) is 0 Å². The molecule has 0 N–H and O–H groups in total. The molecule has 0 spiro atoms. The molecule has 0 radical (unpaired) electrons. The SMILES string of the molecule is COC1=C(C)OCCC1. The Morgan fingerprint density at radius 3 is 2.78 bits per heavy atom. The minimum atomic E-state index is 0.846. The van der Waals surface area contributed by atoms with E-state index < -0.39 is 0 Å². The van der Waals surface area contributed by atoms with E-state index in [0.717, 1.165) is 31.0 Å². The van der Waals surface area contributed by atoms with E-state index in [1.165, 1.54) is 0 Å². The summed E-state index contributed by atoms with van der Waals surface area (Å²) < 4.78 is 10.3. The summed E-state index contributed by atoms with van der Waals surface area (Å²) in [5.41, 5.74) is 0. The minimum Gasteiger partial charge on any atom is -0.498 e. The Morgan fingerprint density at radius 2 is 2.33 bits per heavy atom. The normalized spacial score (nSPS) is 19.3. The van der Waals surface area contributed by atoms with Gasteiger partial charge in [0.1, 0.15) is 11.5 Å². The summed E-state index contributed by atoms with van der Waals surface area (Å²) >= 11 is 0. The van der Waals surface area contributed by atoms with Crippen molar-refractivity contribution in [3.05, 3.63) is 11.5 Å². The molecular formula is C7H12O2. The van der Waals surface area contributed by atoms with Gasteiger partial charge in [0.05, 0.1) is 13.7 Å². The van der Waals surface area contributed by atoms with Crippen LogP contribution in [-0.4, -0.2) is 13.7 Å². The highest BCUT2D eigenvalue weighted by Crippen LogP contribution is 2.18. The highest BCUT2D eigenvalue weighted by atomic mass is 16.5. The lowest BCUT2D eigenvalue weighted by molar-refractivity contribution is 0.139. The number of rotatable bonds is 1. The third-order valence-corrected chi connectivity index (χ3v) is 1.51. The van der Waals surface area contributed by atoms with Gasteiger partial charge in [-0.1, -0.05) is 0 Å². The fourth-order valence-corrected chi connectivity index (χ4v) is 0.960. The van der Waals surface area contributed by atoms with Gasteiger partial charge in [0.15, 0.2) is 0 Å². The van der Waals surface area contributed by atoms with E-state index in [9.17, 15) is 0 Å². The molecule has 9 heavy (non-hydrogen) atoms. The second-order valence-electron chi connectivity index (χ2n) is 2.14. The Hall–Kier alpha value is -0.660. The molecule has 2 nitrogen and oxygen atoms in total. The predicted molar refractivity (Wildman–Crippen MR) is 34.9 cm³/mol. The zero-order valence-corrected chi connectivity index (χ0v) is 5.94. The molecule has 1 aliphatic rings. The Bertz CT molecular complexity index is 127. The molecule has 0 bridgehead atoms. The van der Waals surface area contributed by atoms with E-state index in [1.807, 2.05) is 6.92 Å². The zero-order valence-electron chi connectivity index (χ0n) is 5.94. The van der Waals surface area contributed by atoms with Gasteiger partial charge < -0.3 is 9.47 Å². The summed E-state index contributed by atoms with van der Waals surface area (Å²) in [6.07, 6.45) is 2.11. The second kappa shape index (κ2) is 2.76. The maximum absolute atomic E-state index is 5.24. The van der Waals surface area contributed by atoms with E-state index in [1.54, 1.807) is 7.11 Å². The third-order valence-electron chi connectivity index (χ3n) is 1.51. The van der Waals surface area contributed by atoms with Crippen molar-refractivity contribution in [3.63, 3.8) is 0 Å². The van der Waals surface area contributed by atoms with E-state index >= 15 is 0 Å². The van der Waals surface area contributed by atoms with Crippen LogP contribution in [0.25, 0.3) is 0 Å². The first-order valence-corrected chi connectivity index (χ1v) is 3.21. The molecule has 2 heteroatoms. The van der Waals surface area contributed by atoms with Gasteiger partial charge in [0.2, 0.25) is 0 Å². The fraction of sp³-hybridized carbons (Fsp3) is 0.714. The van der Waals surface area contributed by atoms with Crippen LogP contribution in [0.15, 0.2) is 11.5 Å². The van der Waals surface area contributed by atoms with Crippen LogP contribution in [0.1, 0.15) is 19.8 Å². The van der Waals surface area contributed by atoms with E-state index in [0.29, 0.717) is 0 Å². The molecule has 0 aromatic heterocycles. The standard InChI is InChI=1S/C7H12O2/c1-6-7(8-2)4-3-5-9-6/h3-5H2,1-2H3. The first-order chi connectivity index (χ1) is 4.34. The highest BCUT2D eigenvalue weighted by Gasteiger charge is 2.08. The summed E-state index contributed by atoms with van der Waals surface area (Å²) in [5, 5.41) is 0. The van der Waals surface area contributed by atoms with Crippen LogP contribution in [0.3, 0.4) is 0 Å². The van der Waals surface area contributed by atoms with Crippen molar-refractivity contribution < 1.29 is 9.47 Å². The van der Waals surface area contributed by atoms with Gasteiger partial charge in [0.25, 0.3) is 0 Å². The molecule has 0 amide bonds. The molecule has 0 aliphatic carbocycles. The molecule has 0 fully saturated rings. The van der Waals surface area contributed by atoms with Crippen molar-refractivity contribution >= 4 is 0 Å². The molecular weight excluding hydrogens is 116 g/mol. The van der Waals surface area contributed by atoms with Crippen LogP contribution in [0, 0.1) is 0 Å². The number of methoxy groups -OCH3 is 1. The molecule has 0 aromatic rings. The molecule has 1 rings (SSSR count). The van der Waals surface area contributed by atoms with Crippen molar-refractivity contribution in [1.29, 1.82) is 0 Å². The van der Waals surface area contributed by atoms with Crippen LogP contribution < -0.4 is 0 Å². The number of hydrogen-bond acceptors (Lipinski definition) is 2.